The molecule has 3 heterocycles. The Labute approximate surface area is 213 Å². The molecule has 0 radical (unpaired) electrons. The monoisotopic (exact) mass is 529 g/mol. The second kappa shape index (κ2) is 9.29. The van der Waals surface area contributed by atoms with Gasteiger partial charge in [-0.2, -0.15) is 13.2 Å². The molecule has 0 fully saturated rings. The van der Waals surface area contributed by atoms with Gasteiger partial charge >= 0.3 is 6.18 Å². The van der Waals surface area contributed by atoms with Gasteiger partial charge in [-0.15, -0.1) is 0 Å². The Bertz CT molecular complexity index is 1700. The molecule has 2 aromatic carbocycles. The number of aromatic nitrogens is 4. The predicted molar refractivity (Wildman–Crippen MR) is 139 cm³/mol. The number of pyridine rings is 1. The lowest BCUT2D eigenvalue weighted by Gasteiger charge is -2.14. The maximum absolute atomic E-state index is 14.3. The zero-order valence-corrected chi connectivity index (χ0v) is 21.0. The molecule has 0 aliphatic carbocycles. The van der Waals surface area contributed by atoms with Crippen LogP contribution in [-0.2, 0) is 19.8 Å². The van der Waals surface area contributed by atoms with Crippen LogP contribution in [0.3, 0.4) is 0 Å². The van der Waals surface area contributed by atoms with Crippen LogP contribution in [0.5, 0.6) is 0 Å². The average Bonchev–Trinajstić information content (AvgIpc) is 3.44. The molecule has 0 atom stereocenters. The van der Waals surface area contributed by atoms with E-state index in [1.165, 1.54) is 22.6 Å². The predicted octanol–water partition coefficient (Wildman–Crippen LogP) is 6.48. The van der Waals surface area contributed by atoms with Gasteiger partial charge in [-0.1, -0.05) is 24.9 Å². The van der Waals surface area contributed by atoms with Crippen LogP contribution in [0.4, 0.5) is 23.2 Å². The van der Waals surface area contributed by atoms with E-state index in [1.54, 1.807) is 26.4 Å². The van der Waals surface area contributed by atoms with E-state index in [0.717, 1.165) is 45.6 Å². The molecule has 3 aromatic heterocycles. The second-order valence-electron chi connectivity index (χ2n) is 8.71. The second-order valence-corrected chi connectivity index (χ2v) is 9.78. The van der Waals surface area contributed by atoms with E-state index in [-0.39, 0.29) is 12.1 Å². The molecule has 0 aliphatic heterocycles. The van der Waals surface area contributed by atoms with Gasteiger partial charge in [0.25, 0.3) is 5.56 Å². The lowest BCUT2D eigenvalue weighted by Crippen LogP contribution is -2.16. The van der Waals surface area contributed by atoms with Gasteiger partial charge in [0, 0.05) is 42.7 Å². The molecule has 5 rings (SSSR count). The Balaban J connectivity index is 1.69. The highest BCUT2D eigenvalue weighted by Crippen LogP contribution is 2.36. The molecule has 37 heavy (non-hydrogen) atoms. The molecule has 0 saturated heterocycles. The summed E-state index contributed by atoms with van der Waals surface area (Å²) in [7, 11) is 1.68. The van der Waals surface area contributed by atoms with Crippen molar-refractivity contribution < 1.29 is 17.6 Å². The first-order valence-electron chi connectivity index (χ1n) is 11.5. The van der Waals surface area contributed by atoms with Gasteiger partial charge in [-0.05, 0) is 48.4 Å². The molecule has 0 saturated carbocycles. The Morgan fingerprint density at radius 1 is 1.16 bits per heavy atom. The molecule has 0 bridgehead atoms. The smallest absolute Gasteiger partial charge is 0.357 e. The summed E-state index contributed by atoms with van der Waals surface area (Å²) in [6, 6.07) is 8.71. The van der Waals surface area contributed by atoms with Crippen molar-refractivity contribution in [1.29, 1.82) is 0 Å². The highest BCUT2D eigenvalue weighted by Gasteiger charge is 2.34. The molecule has 0 amide bonds. The number of alkyl halides is 3. The molecule has 0 spiro atoms. The minimum Gasteiger partial charge on any atom is -0.357 e. The number of H-pyrrole nitrogens is 1. The first-order chi connectivity index (χ1) is 17.6. The van der Waals surface area contributed by atoms with Crippen molar-refractivity contribution in [2.45, 2.75) is 26.6 Å². The molecule has 11 heteroatoms. The van der Waals surface area contributed by atoms with Gasteiger partial charge in [0.05, 0.1) is 16.8 Å². The Kier molecular flexibility index (Phi) is 6.26. The van der Waals surface area contributed by atoms with Crippen LogP contribution in [0.2, 0.25) is 0 Å². The fourth-order valence-corrected chi connectivity index (χ4v) is 4.95. The van der Waals surface area contributed by atoms with Crippen LogP contribution in [-0.4, -0.2) is 24.9 Å². The van der Waals surface area contributed by atoms with Crippen LogP contribution in [0.15, 0.2) is 53.6 Å². The Morgan fingerprint density at radius 2 is 1.95 bits per heavy atom. The number of nitrogens with one attached hydrogen (secondary N) is 2. The molecule has 0 unspecified atom stereocenters. The maximum atomic E-state index is 14.3. The fraction of sp³-hybridized carbons (Fsp3) is 0.231. The Hall–Kier alpha value is -3.73. The highest BCUT2D eigenvalue weighted by atomic mass is 32.2. The number of nitrogens with zero attached hydrogens (tertiary/aromatic N) is 3. The number of hydrogen-bond acceptors (Lipinski definition) is 4. The van der Waals surface area contributed by atoms with Crippen molar-refractivity contribution in [3.05, 3.63) is 81.9 Å². The van der Waals surface area contributed by atoms with Gasteiger partial charge < -0.3 is 18.8 Å². The number of hydrogen-bond donors (Lipinski definition) is 2. The lowest BCUT2D eigenvalue weighted by molar-refractivity contribution is -0.140. The van der Waals surface area contributed by atoms with Gasteiger partial charge in [0.1, 0.15) is 22.7 Å². The summed E-state index contributed by atoms with van der Waals surface area (Å²) in [5.41, 5.74) is 3.26. The summed E-state index contributed by atoms with van der Waals surface area (Å²) in [5.74, 6) is 0.122. The third kappa shape index (κ3) is 4.48. The van der Waals surface area contributed by atoms with Crippen LogP contribution < -0.4 is 10.3 Å². The zero-order chi connectivity index (χ0) is 26.5. The SMILES string of the molecule is CCSNc1cc(-c2cn(C)c(=O)c3[nH]ccc23)cc2c1nc(C)n2Cc1ccc(C(F)(F)F)c(F)c1. The van der Waals surface area contributed by atoms with Crippen molar-refractivity contribution in [2.24, 2.45) is 7.05 Å². The first-order valence-corrected chi connectivity index (χ1v) is 12.5. The molecule has 0 aliphatic rings. The van der Waals surface area contributed by atoms with Crippen LogP contribution in [0, 0.1) is 12.7 Å². The number of fused-ring (bicyclic) bond motifs is 2. The van der Waals surface area contributed by atoms with E-state index in [0.29, 0.717) is 22.4 Å². The fourth-order valence-electron chi connectivity index (χ4n) is 4.49. The topological polar surface area (TPSA) is 67.6 Å². The maximum Gasteiger partial charge on any atom is 0.419 e. The van der Waals surface area contributed by atoms with E-state index in [9.17, 15) is 22.4 Å². The normalized spacial score (nSPS) is 12.1. The zero-order valence-electron chi connectivity index (χ0n) is 20.2. The van der Waals surface area contributed by atoms with E-state index in [1.807, 2.05) is 29.7 Å². The Morgan fingerprint density at radius 3 is 2.65 bits per heavy atom. The molecule has 6 nitrogen and oxygen atoms in total. The molecular formula is C26H23F4N5OS. The highest BCUT2D eigenvalue weighted by molar-refractivity contribution is 8.00. The first kappa shape index (κ1) is 24.9. The number of halogens is 4. The van der Waals surface area contributed by atoms with Gasteiger partial charge in [0.2, 0.25) is 0 Å². The van der Waals surface area contributed by atoms with Crippen molar-refractivity contribution in [2.75, 3.05) is 10.5 Å². The number of imidazole rings is 1. The largest absolute Gasteiger partial charge is 0.419 e. The summed E-state index contributed by atoms with van der Waals surface area (Å²) in [6.45, 7) is 3.94. The molecule has 2 N–H and O–H groups in total. The number of aryl methyl sites for hydroxylation is 2. The summed E-state index contributed by atoms with van der Waals surface area (Å²) in [6.07, 6.45) is -1.27. The number of aromatic amines is 1. The van der Waals surface area contributed by atoms with E-state index in [4.69, 9.17) is 4.98 Å². The quantitative estimate of drug-likeness (QED) is 0.195. The summed E-state index contributed by atoms with van der Waals surface area (Å²) >= 11 is 1.50. The minimum absolute atomic E-state index is 0.133. The summed E-state index contributed by atoms with van der Waals surface area (Å²) < 4.78 is 60.1. The number of rotatable bonds is 6. The van der Waals surface area contributed by atoms with Crippen molar-refractivity contribution in [3.63, 3.8) is 0 Å². The van der Waals surface area contributed by atoms with E-state index >= 15 is 0 Å². The van der Waals surface area contributed by atoms with Gasteiger partial charge in [-0.3, -0.25) is 4.79 Å². The van der Waals surface area contributed by atoms with Crippen LogP contribution >= 0.6 is 11.9 Å². The van der Waals surface area contributed by atoms with Crippen LogP contribution in [0.25, 0.3) is 33.1 Å². The summed E-state index contributed by atoms with van der Waals surface area (Å²) in [4.78, 5) is 20.3. The van der Waals surface area contributed by atoms with Crippen molar-refractivity contribution in [3.8, 4) is 11.1 Å². The number of anilines is 1. The minimum atomic E-state index is -4.76. The lowest BCUT2D eigenvalue weighted by atomic mass is 10.0. The summed E-state index contributed by atoms with van der Waals surface area (Å²) in [5, 5.41) is 0.768. The third-order valence-corrected chi connectivity index (χ3v) is 6.91. The standard InChI is InChI=1S/C26H23F4N5OS/c1-4-37-33-21-10-16(18-13-34(3)25(36)23-17(18)7-8-31-23)11-22-24(21)32-14(2)35(22)12-15-5-6-19(20(27)9-15)26(28,29)30/h5-11,13,31,33H,4,12H2,1-3H3. The van der Waals surface area contributed by atoms with Crippen molar-refractivity contribution >= 4 is 39.6 Å². The van der Waals surface area contributed by atoms with E-state index < -0.39 is 17.6 Å². The molecular weight excluding hydrogens is 506 g/mol. The van der Waals surface area contributed by atoms with E-state index in [2.05, 4.69) is 9.71 Å². The third-order valence-electron chi connectivity index (χ3n) is 6.26. The molecule has 192 valence electrons. The van der Waals surface area contributed by atoms with Gasteiger partial charge in [0.15, 0.2) is 0 Å². The van der Waals surface area contributed by atoms with Crippen LogP contribution in [0.1, 0.15) is 23.9 Å². The number of benzene rings is 2. The molecule has 5 aromatic rings. The van der Waals surface area contributed by atoms with Crippen molar-refractivity contribution in [1.82, 2.24) is 19.1 Å². The van der Waals surface area contributed by atoms with Gasteiger partial charge in [-0.25, -0.2) is 9.37 Å². The average molecular weight is 530 g/mol.